The van der Waals surface area contributed by atoms with Gasteiger partial charge in [0.15, 0.2) is 0 Å². The van der Waals surface area contributed by atoms with Gasteiger partial charge in [0.2, 0.25) is 0 Å². The molecule has 0 amide bonds. The Bertz CT molecular complexity index is 158. The van der Waals surface area contributed by atoms with Gasteiger partial charge in [-0.25, -0.2) is 0 Å². The second-order valence-corrected chi connectivity index (χ2v) is 10.2. The van der Waals surface area contributed by atoms with Crippen LogP contribution in [0, 0.1) is 0 Å². The van der Waals surface area contributed by atoms with Gasteiger partial charge in [-0.3, -0.25) is 4.79 Å². The van der Waals surface area contributed by atoms with Crippen molar-refractivity contribution in [1.29, 1.82) is 0 Å². The SMILES string of the molecule is C[C@@H]1CC(=O)C[C@H](C)[Si]1(C)C. The summed E-state index contributed by atoms with van der Waals surface area (Å²) in [5.41, 5.74) is 1.39. The van der Waals surface area contributed by atoms with Crippen LogP contribution in [0.15, 0.2) is 0 Å². The molecule has 0 aliphatic carbocycles. The van der Waals surface area contributed by atoms with Crippen molar-refractivity contribution in [2.75, 3.05) is 0 Å². The van der Waals surface area contributed by atoms with E-state index < -0.39 is 8.07 Å². The number of ketones is 1. The second kappa shape index (κ2) is 2.74. The van der Waals surface area contributed by atoms with Gasteiger partial charge in [0, 0.05) is 12.8 Å². The van der Waals surface area contributed by atoms with Crippen LogP contribution in [0.3, 0.4) is 0 Å². The summed E-state index contributed by atoms with van der Waals surface area (Å²) < 4.78 is 0. The maximum absolute atomic E-state index is 11.2. The van der Waals surface area contributed by atoms with Crippen LogP contribution in [-0.4, -0.2) is 13.9 Å². The molecule has 0 radical (unpaired) electrons. The minimum absolute atomic E-state index is 0.483. The molecule has 64 valence electrons. The van der Waals surface area contributed by atoms with Crippen molar-refractivity contribution in [3.8, 4) is 0 Å². The fourth-order valence-corrected chi connectivity index (χ4v) is 4.26. The van der Waals surface area contributed by atoms with Crippen LogP contribution in [0.1, 0.15) is 26.7 Å². The summed E-state index contributed by atoms with van der Waals surface area (Å²) in [6, 6.07) is 0. The van der Waals surface area contributed by atoms with Crippen LogP contribution in [-0.2, 0) is 4.79 Å². The maximum atomic E-state index is 11.2. The normalized spacial score (nSPS) is 37.3. The summed E-state index contributed by atoms with van der Waals surface area (Å²) >= 11 is 0. The minimum Gasteiger partial charge on any atom is -0.300 e. The first-order valence-electron chi connectivity index (χ1n) is 4.46. The van der Waals surface area contributed by atoms with Crippen LogP contribution < -0.4 is 0 Å². The third-order valence-electron chi connectivity index (χ3n) is 3.61. The molecule has 1 rings (SSSR count). The Balaban J connectivity index is 2.75. The molecule has 0 aromatic carbocycles. The van der Waals surface area contributed by atoms with Gasteiger partial charge >= 0.3 is 0 Å². The first-order chi connectivity index (χ1) is 4.94. The predicted octanol–water partition coefficient (Wildman–Crippen LogP) is 2.84. The van der Waals surface area contributed by atoms with E-state index in [-0.39, 0.29) is 0 Å². The Morgan fingerprint density at radius 3 is 1.91 bits per heavy atom. The lowest BCUT2D eigenvalue weighted by Gasteiger charge is -2.39. The molecule has 1 aliphatic heterocycles. The smallest absolute Gasteiger partial charge is 0.132 e. The number of hydrogen-bond donors (Lipinski definition) is 0. The van der Waals surface area contributed by atoms with E-state index in [1.54, 1.807) is 0 Å². The molecule has 1 saturated heterocycles. The molecule has 11 heavy (non-hydrogen) atoms. The molecular weight excluding hydrogens is 152 g/mol. The predicted molar refractivity (Wildman–Crippen MR) is 50.6 cm³/mol. The highest BCUT2D eigenvalue weighted by Gasteiger charge is 2.39. The Hall–Kier alpha value is -0.113. The van der Waals surface area contributed by atoms with Crippen molar-refractivity contribution in [2.45, 2.75) is 50.9 Å². The van der Waals surface area contributed by atoms with Gasteiger partial charge in [-0.1, -0.05) is 26.9 Å². The number of rotatable bonds is 0. The largest absolute Gasteiger partial charge is 0.300 e. The number of carbonyl (C=O) groups is 1. The highest BCUT2D eigenvalue weighted by atomic mass is 28.3. The fourth-order valence-electron chi connectivity index (χ4n) is 1.78. The molecule has 0 aromatic rings. The molecule has 0 aromatic heterocycles. The molecule has 0 unspecified atom stereocenters. The minimum atomic E-state index is -1.06. The average Bonchev–Trinajstić information content (AvgIpc) is 1.84. The topological polar surface area (TPSA) is 17.1 Å². The number of hydrogen-bond acceptors (Lipinski definition) is 1. The highest BCUT2D eigenvalue weighted by molar-refractivity contribution is 6.80. The van der Waals surface area contributed by atoms with Crippen molar-refractivity contribution in [3.63, 3.8) is 0 Å². The van der Waals surface area contributed by atoms with E-state index in [9.17, 15) is 4.79 Å². The zero-order valence-electron chi connectivity index (χ0n) is 7.98. The zero-order valence-corrected chi connectivity index (χ0v) is 8.98. The van der Waals surface area contributed by atoms with Crippen molar-refractivity contribution in [1.82, 2.24) is 0 Å². The van der Waals surface area contributed by atoms with Crippen LogP contribution >= 0.6 is 0 Å². The molecule has 2 heteroatoms. The number of Topliss-reactive ketones (excluding diaryl/α,β-unsaturated/α-hetero) is 1. The van der Waals surface area contributed by atoms with Gasteiger partial charge in [-0.05, 0) is 11.1 Å². The van der Waals surface area contributed by atoms with E-state index in [2.05, 4.69) is 26.9 Å². The molecule has 1 aliphatic rings. The van der Waals surface area contributed by atoms with Gasteiger partial charge in [0.25, 0.3) is 0 Å². The van der Waals surface area contributed by atoms with E-state index in [4.69, 9.17) is 0 Å². The summed E-state index contributed by atoms with van der Waals surface area (Å²) in [5.74, 6) is 0.483. The van der Waals surface area contributed by atoms with Gasteiger partial charge in [-0.2, -0.15) is 0 Å². The van der Waals surface area contributed by atoms with Crippen LogP contribution in [0.4, 0.5) is 0 Å². The zero-order chi connectivity index (χ0) is 8.65. The summed E-state index contributed by atoms with van der Waals surface area (Å²) in [6.07, 6.45) is 1.70. The Morgan fingerprint density at radius 1 is 1.18 bits per heavy atom. The summed E-state index contributed by atoms with van der Waals surface area (Å²) in [4.78, 5) is 11.2. The van der Waals surface area contributed by atoms with E-state index in [0.29, 0.717) is 16.9 Å². The molecule has 1 fully saturated rings. The van der Waals surface area contributed by atoms with E-state index >= 15 is 0 Å². The van der Waals surface area contributed by atoms with Gasteiger partial charge in [-0.15, -0.1) is 0 Å². The molecule has 1 nitrogen and oxygen atoms in total. The average molecular weight is 170 g/mol. The van der Waals surface area contributed by atoms with Crippen molar-refractivity contribution < 1.29 is 4.79 Å². The first-order valence-corrected chi connectivity index (χ1v) is 7.61. The van der Waals surface area contributed by atoms with E-state index in [0.717, 1.165) is 12.8 Å². The Labute approximate surface area is 70.2 Å². The summed E-state index contributed by atoms with van der Waals surface area (Å²) in [7, 11) is -1.06. The van der Waals surface area contributed by atoms with E-state index in [1.165, 1.54) is 0 Å². The van der Waals surface area contributed by atoms with E-state index in [1.807, 2.05) is 0 Å². The maximum Gasteiger partial charge on any atom is 0.132 e. The van der Waals surface area contributed by atoms with Crippen LogP contribution in [0.25, 0.3) is 0 Å². The fraction of sp³-hybridized carbons (Fsp3) is 0.889. The molecule has 0 spiro atoms. The summed E-state index contributed by atoms with van der Waals surface area (Å²) in [5, 5.41) is 0. The lowest BCUT2D eigenvalue weighted by atomic mass is 10.1. The number of carbonyl (C=O) groups excluding carboxylic acids is 1. The second-order valence-electron chi connectivity index (χ2n) is 4.57. The van der Waals surface area contributed by atoms with Crippen LogP contribution in [0.5, 0.6) is 0 Å². The monoisotopic (exact) mass is 170 g/mol. The Morgan fingerprint density at radius 2 is 1.55 bits per heavy atom. The summed E-state index contributed by atoms with van der Waals surface area (Å²) in [6.45, 7) is 9.32. The lowest BCUT2D eigenvalue weighted by Crippen LogP contribution is -2.41. The quantitative estimate of drug-likeness (QED) is 0.511. The lowest BCUT2D eigenvalue weighted by molar-refractivity contribution is -0.119. The first kappa shape index (κ1) is 8.98. The molecular formula is C9H18OSi. The standard InChI is InChI=1S/C9H18OSi/c1-7-5-9(10)6-8(2)11(7,3)4/h7-8H,5-6H2,1-4H3/t7-,8+. The third-order valence-corrected chi connectivity index (χ3v) is 9.10. The van der Waals surface area contributed by atoms with Gasteiger partial charge in [0.05, 0.1) is 8.07 Å². The van der Waals surface area contributed by atoms with Crippen molar-refractivity contribution >= 4 is 13.9 Å². The third kappa shape index (κ3) is 1.56. The van der Waals surface area contributed by atoms with Gasteiger partial charge in [0.1, 0.15) is 5.78 Å². The van der Waals surface area contributed by atoms with Crippen LogP contribution in [0.2, 0.25) is 24.2 Å². The van der Waals surface area contributed by atoms with Crippen molar-refractivity contribution in [2.24, 2.45) is 0 Å². The molecule has 2 atom stereocenters. The van der Waals surface area contributed by atoms with Crippen molar-refractivity contribution in [3.05, 3.63) is 0 Å². The Kier molecular flexibility index (Phi) is 2.24. The molecule has 0 saturated carbocycles. The van der Waals surface area contributed by atoms with Gasteiger partial charge < -0.3 is 0 Å². The highest BCUT2D eigenvalue weighted by Crippen LogP contribution is 2.41. The molecule has 1 heterocycles. The molecule has 0 bridgehead atoms. The molecule has 0 N–H and O–H groups in total.